The van der Waals surface area contributed by atoms with Gasteiger partial charge in [0.2, 0.25) is 0 Å². The Morgan fingerprint density at radius 1 is 1.35 bits per heavy atom. The smallest absolute Gasteiger partial charge is 0.386 e. The zero-order valence-electron chi connectivity index (χ0n) is 10.4. The molecular formula is C11H18O5Si. The van der Waals surface area contributed by atoms with Crippen molar-refractivity contribution in [3.05, 3.63) is 12.7 Å². The summed E-state index contributed by atoms with van der Waals surface area (Å²) in [6.07, 6.45) is 2.42. The quantitative estimate of drug-likeness (QED) is 0.246. The van der Waals surface area contributed by atoms with E-state index in [0.717, 1.165) is 0 Å². The molecule has 0 bridgehead atoms. The molecule has 0 aromatic rings. The number of ether oxygens (including phenoxy) is 1. The molecule has 0 saturated carbocycles. The van der Waals surface area contributed by atoms with Crippen molar-refractivity contribution in [2.75, 3.05) is 6.61 Å². The van der Waals surface area contributed by atoms with E-state index >= 15 is 0 Å². The third-order valence-electron chi connectivity index (χ3n) is 2.47. The maximum Gasteiger partial charge on any atom is 0.386 e. The van der Waals surface area contributed by atoms with Gasteiger partial charge in [0.25, 0.3) is 0 Å². The minimum atomic E-state index is -1.79. The highest BCUT2D eigenvalue weighted by Gasteiger charge is 2.29. The molecule has 0 rings (SSSR count). The van der Waals surface area contributed by atoms with Crippen LogP contribution < -0.4 is 0 Å². The van der Waals surface area contributed by atoms with Gasteiger partial charge in [-0.15, -0.1) is 6.58 Å². The van der Waals surface area contributed by atoms with Crippen molar-refractivity contribution in [3.63, 3.8) is 0 Å². The first-order valence-corrected chi connectivity index (χ1v) is 8.83. The number of carboxylic acids is 1. The number of hydrogen-bond donors (Lipinski definition) is 1. The highest BCUT2D eigenvalue weighted by molar-refractivity contribution is 6.77. The molecule has 0 aromatic heterocycles. The predicted octanol–water partition coefficient (Wildman–Crippen LogP) is 1.47. The van der Waals surface area contributed by atoms with Crippen LogP contribution in [0.3, 0.4) is 0 Å². The van der Waals surface area contributed by atoms with Crippen LogP contribution >= 0.6 is 0 Å². The number of esters is 1. The molecule has 0 spiro atoms. The first-order chi connectivity index (χ1) is 7.70. The Labute approximate surface area is 101 Å². The number of carbonyl (C=O) groups excluding carboxylic acids is 2. The van der Waals surface area contributed by atoms with Gasteiger partial charge in [-0.3, -0.25) is 4.79 Å². The molecule has 1 atom stereocenters. The molecule has 1 N–H and O–H groups in total. The number of hydrogen-bond acceptors (Lipinski definition) is 4. The van der Waals surface area contributed by atoms with Gasteiger partial charge in [-0.1, -0.05) is 25.7 Å². The molecular weight excluding hydrogens is 240 g/mol. The Morgan fingerprint density at radius 3 is 2.24 bits per heavy atom. The van der Waals surface area contributed by atoms with Crippen LogP contribution in [0.4, 0.5) is 0 Å². The number of aliphatic carboxylic acids is 1. The summed E-state index contributed by atoms with van der Waals surface area (Å²) < 4.78 is 4.72. The molecule has 1 unspecified atom stereocenters. The summed E-state index contributed by atoms with van der Waals surface area (Å²) in [5.41, 5.74) is 0.130. The third kappa shape index (κ3) is 5.44. The normalized spacial score (nSPS) is 12.6. The summed E-state index contributed by atoms with van der Waals surface area (Å²) in [6, 6.07) is 0. The molecule has 0 aliphatic heterocycles. The molecule has 5 nitrogen and oxygen atoms in total. The Balaban J connectivity index is 4.42. The van der Waals surface area contributed by atoms with Gasteiger partial charge in [0.05, 0.1) is 14.7 Å². The Bertz CT molecular complexity index is 329. The highest BCUT2D eigenvalue weighted by Crippen LogP contribution is 2.26. The van der Waals surface area contributed by atoms with Crippen LogP contribution in [0.1, 0.15) is 6.42 Å². The van der Waals surface area contributed by atoms with Crippen molar-refractivity contribution in [1.29, 1.82) is 0 Å². The molecule has 17 heavy (non-hydrogen) atoms. The van der Waals surface area contributed by atoms with Crippen molar-refractivity contribution in [3.8, 4) is 0 Å². The maximum atomic E-state index is 11.1. The molecule has 0 radical (unpaired) electrons. The molecule has 0 fully saturated rings. The molecule has 0 heterocycles. The topological polar surface area (TPSA) is 80.7 Å². The first kappa shape index (κ1) is 15.6. The number of Topliss-reactive ketones (excluding diaryl/α,β-unsaturated/α-hetero) is 1. The van der Waals surface area contributed by atoms with Crippen molar-refractivity contribution < 1.29 is 24.2 Å². The van der Waals surface area contributed by atoms with E-state index in [1.807, 2.05) is 0 Å². The van der Waals surface area contributed by atoms with Crippen molar-refractivity contribution in [2.45, 2.75) is 31.6 Å². The Morgan fingerprint density at radius 2 is 1.88 bits per heavy atom. The second kappa shape index (κ2) is 6.34. The number of ketones is 1. The van der Waals surface area contributed by atoms with Crippen LogP contribution in [-0.4, -0.2) is 37.5 Å². The highest BCUT2D eigenvalue weighted by atomic mass is 28.3. The maximum absolute atomic E-state index is 11.1. The van der Waals surface area contributed by atoms with Crippen LogP contribution in [0.2, 0.25) is 25.2 Å². The number of allylic oxidation sites excluding steroid dienone is 1. The lowest BCUT2D eigenvalue weighted by atomic mass is 10.3. The van der Waals surface area contributed by atoms with E-state index < -0.39 is 25.8 Å². The molecule has 96 valence electrons. The summed E-state index contributed by atoms with van der Waals surface area (Å²) in [6.45, 7) is 10.0. The van der Waals surface area contributed by atoms with E-state index in [1.165, 1.54) is 0 Å². The fourth-order valence-corrected chi connectivity index (χ4v) is 2.66. The summed E-state index contributed by atoms with van der Waals surface area (Å²) in [5.74, 6) is -4.62. The van der Waals surface area contributed by atoms with Crippen LogP contribution in [0.15, 0.2) is 12.7 Å². The van der Waals surface area contributed by atoms with Crippen molar-refractivity contribution >= 4 is 25.8 Å². The molecule has 6 heteroatoms. The van der Waals surface area contributed by atoms with Gasteiger partial charge in [0, 0.05) is 0 Å². The fraction of sp³-hybridized carbons (Fsp3) is 0.545. The largest absolute Gasteiger partial charge is 0.475 e. The second-order valence-corrected chi connectivity index (χ2v) is 10.4. The van der Waals surface area contributed by atoms with Gasteiger partial charge < -0.3 is 9.84 Å². The van der Waals surface area contributed by atoms with E-state index in [2.05, 4.69) is 26.2 Å². The standard InChI is InChI=1S/C11H18O5Si/c1-5-6-8(17(2,3)4)7-16-11(15)9(12)10(13)14/h5,8H,1,6-7H2,2-4H3,(H,13,14). The Kier molecular flexibility index (Phi) is 5.80. The van der Waals surface area contributed by atoms with Crippen LogP contribution in [0.25, 0.3) is 0 Å². The number of rotatable bonds is 7. The lowest BCUT2D eigenvalue weighted by molar-refractivity contribution is -0.162. The molecule has 0 aliphatic rings. The average molecular weight is 258 g/mol. The van der Waals surface area contributed by atoms with Gasteiger partial charge in [-0.2, -0.15) is 0 Å². The van der Waals surface area contributed by atoms with Crippen molar-refractivity contribution in [2.24, 2.45) is 0 Å². The van der Waals surface area contributed by atoms with E-state index in [9.17, 15) is 14.4 Å². The lowest BCUT2D eigenvalue weighted by Crippen LogP contribution is -2.34. The SMILES string of the molecule is C=CCC(COC(=O)C(=O)C(=O)O)[Si](C)(C)C. The first-order valence-electron chi connectivity index (χ1n) is 5.25. The van der Waals surface area contributed by atoms with Crippen LogP contribution in [0.5, 0.6) is 0 Å². The van der Waals surface area contributed by atoms with E-state index in [1.54, 1.807) is 6.08 Å². The average Bonchev–Trinajstić information content (AvgIpc) is 2.20. The van der Waals surface area contributed by atoms with Crippen LogP contribution in [0, 0.1) is 0 Å². The zero-order valence-corrected chi connectivity index (χ0v) is 11.4. The van der Waals surface area contributed by atoms with Gasteiger partial charge in [-0.05, 0) is 12.0 Å². The van der Waals surface area contributed by atoms with E-state index in [-0.39, 0.29) is 12.1 Å². The van der Waals surface area contributed by atoms with E-state index in [4.69, 9.17) is 9.84 Å². The van der Waals surface area contributed by atoms with Crippen LogP contribution in [-0.2, 0) is 19.1 Å². The minimum absolute atomic E-state index is 0.0690. The van der Waals surface area contributed by atoms with E-state index in [0.29, 0.717) is 6.42 Å². The van der Waals surface area contributed by atoms with Gasteiger partial charge >= 0.3 is 17.7 Å². The minimum Gasteiger partial charge on any atom is -0.475 e. The zero-order chi connectivity index (χ0) is 13.6. The van der Waals surface area contributed by atoms with Crippen molar-refractivity contribution in [1.82, 2.24) is 0 Å². The molecule has 0 amide bonds. The molecule has 0 aromatic carbocycles. The predicted molar refractivity (Wildman–Crippen MR) is 65.5 cm³/mol. The summed E-state index contributed by atoms with van der Waals surface area (Å²) in [4.78, 5) is 32.1. The summed E-state index contributed by atoms with van der Waals surface area (Å²) in [5, 5.41) is 8.32. The molecule has 0 aliphatic carbocycles. The fourth-order valence-electron chi connectivity index (χ4n) is 1.20. The summed E-state index contributed by atoms with van der Waals surface area (Å²) >= 11 is 0. The van der Waals surface area contributed by atoms with Gasteiger partial charge in [0.15, 0.2) is 0 Å². The van der Waals surface area contributed by atoms with Gasteiger partial charge in [0.1, 0.15) is 0 Å². The monoisotopic (exact) mass is 258 g/mol. The Hall–Kier alpha value is -1.43. The second-order valence-electron chi connectivity index (χ2n) is 4.82. The third-order valence-corrected chi connectivity index (χ3v) is 5.32. The number of carboxylic acid groups (broad SMARTS) is 1. The van der Waals surface area contributed by atoms with Gasteiger partial charge in [-0.25, -0.2) is 9.59 Å². The number of carbonyl (C=O) groups is 3. The lowest BCUT2D eigenvalue weighted by Gasteiger charge is -2.27. The summed E-state index contributed by atoms with van der Waals surface area (Å²) in [7, 11) is -1.54. The molecule has 0 saturated heterocycles.